The van der Waals surface area contributed by atoms with Gasteiger partial charge in [-0.15, -0.1) is 11.8 Å². The van der Waals surface area contributed by atoms with Crippen LogP contribution in [0.1, 0.15) is 11.4 Å². The first-order valence-electron chi connectivity index (χ1n) is 5.83. The zero-order valence-electron chi connectivity index (χ0n) is 10.8. The summed E-state index contributed by atoms with van der Waals surface area (Å²) in [7, 11) is -3.87. The summed E-state index contributed by atoms with van der Waals surface area (Å²) in [6.07, 6.45) is 2.45. The Bertz CT molecular complexity index is 692. The van der Waals surface area contributed by atoms with E-state index in [-0.39, 0.29) is 5.75 Å². The van der Waals surface area contributed by atoms with Gasteiger partial charge >= 0.3 is 0 Å². The van der Waals surface area contributed by atoms with Crippen LogP contribution in [0, 0.1) is 6.92 Å². The third-order valence-electron chi connectivity index (χ3n) is 2.88. The number of rotatable bonds is 5. The monoisotopic (exact) mass is 318 g/mol. The highest BCUT2D eigenvalue weighted by molar-refractivity contribution is 7.98. The molecule has 0 bridgehead atoms. The molecule has 0 amide bonds. The Kier molecular flexibility index (Phi) is 4.50. The number of hydrogen-bond donors (Lipinski definition) is 1. The molecule has 1 N–H and O–H groups in total. The Balaban J connectivity index is 2.28. The number of thiazole rings is 1. The summed E-state index contributed by atoms with van der Waals surface area (Å²) >= 11 is 3.38. The van der Waals surface area contributed by atoms with Crippen molar-refractivity contribution >= 4 is 43.4 Å². The van der Waals surface area contributed by atoms with Crippen LogP contribution >= 0.6 is 23.1 Å². The van der Waals surface area contributed by atoms with Crippen LogP contribution < -0.4 is 4.57 Å². The molecule has 0 spiro atoms. The molecule has 2 aromatic rings. The molecule has 0 aliphatic rings. The highest BCUT2D eigenvalue weighted by Gasteiger charge is 2.18. The molecular weight excluding hydrogens is 302 g/mol. The van der Waals surface area contributed by atoms with Crippen LogP contribution in [-0.2, 0) is 16.7 Å². The Morgan fingerprint density at radius 1 is 1.42 bits per heavy atom. The molecule has 1 aromatic heterocycles. The second-order valence-corrected chi connectivity index (χ2v) is 7.93. The predicted octanol–water partition coefficient (Wildman–Crippen LogP) is 2.50. The van der Waals surface area contributed by atoms with E-state index in [1.54, 1.807) is 23.1 Å². The number of fused-ring (bicyclic) bond motifs is 1. The van der Waals surface area contributed by atoms with Crippen LogP contribution in [0.15, 0.2) is 23.1 Å². The van der Waals surface area contributed by atoms with Crippen molar-refractivity contribution in [2.45, 2.75) is 24.8 Å². The van der Waals surface area contributed by atoms with E-state index in [0.717, 1.165) is 10.5 Å². The minimum atomic E-state index is -3.87. The first-order valence-corrected chi connectivity index (χ1v) is 9.48. The van der Waals surface area contributed by atoms with Crippen LogP contribution in [-0.4, -0.2) is 25.0 Å². The fourth-order valence-corrected chi connectivity index (χ4v) is 3.94. The lowest BCUT2D eigenvalue weighted by molar-refractivity contribution is -0.672. The van der Waals surface area contributed by atoms with Crippen molar-refractivity contribution in [1.82, 2.24) is 0 Å². The Morgan fingerprint density at radius 2 is 2.16 bits per heavy atom. The molecule has 4 nitrogen and oxygen atoms in total. The second-order valence-electron chi connectivity index (χ2n) is 4.25. The Morgan fingerprint density at radius 3 is 2.79 bits per heavy atom. The molecule has 7 heteroatoms. The van der Waals surface area contributed by atoms with E-state index >= 15 is 0 Å². The lowest BCUT2D eigenvalue weighted by atomic mass is 10.3. The largest absolute Gasteiger partial charge is 0.286 e. The van der Waals surface area contributed by atoms with Gasteiger partial charge in [0.15, 0.2) is 6.54 Å². The van der Waals surface area contributed by atoms with Crippen LogP contribution in [0.2, 0.25) is 0 Å². The van der Waals surface area contributed by atoms with E-state index in [1.807, 2.05) is 13.2 Å². The fraction of sp³-hybridized carbons (Fsp3) is 0.417. The second kappa shape index (κ2) is 5.78. The van der Waals surface area contributed by atoms with Crippen molar-refractivity contribution in [3.63, 3.8) is 0 Å². The van der Waals surface area contributed by atoms with Gasteiger partial charge in [-0.1, -0.05) is 11.3 Å². The maximum absolute atomic E-state index is 10.8. The third kappa shape index (κ3) is 3.68. The van der Waals surface area contributed by atoms with E-state index in [9.17, 15) is 8.42 Å². The van der Waals surface area contributed by atoms with E-state index in [2.05, 4.69) is 22.8 Å². The van der Waals surface area contributed by atoms with Gasteiger partial charge in [-0.2, -0.15) is 13.0 Å². The summed E-state index contributed by atoms with van der Waals surface area (Å²) in [5.74, 6) is -0.195. The Labute approximate surface area is 121 Å². The molecule has 0 saturated carbocycles. The molecule has 0 fully saturated rings. The molecule has 0 saturated heterocycles. The molecule has 0 radical (unpaired) electrons. The molecule has 1 aromatic carbocycles. The zero-order chi connectivity index (χ0) is 14.0. The number of benzene rings is 1. The van der Waals surface area contributed by atoms with Gasteiger partial charge in [0.2, 0.25) is 10.5 Å². The minimum Gasteiger partial charge on any atom is -0.286 e. The summed E-state index contributed by atoms with van der Waals surface area (Å²) in [5.41, 5.74) is 1.13. The molecule has 1 heterocycles. The third-order valence-corrected chi connectivity index (χ3v) is 5.49. The maximum atomic E-state index is 10.8. The number of hydrogen-bond acceptors (Lipinski definition) is 4. The van der Waals surface area contributed by atoms with Crippen molar-refractivity contribution in [3.05, 3.63) is 23.2 Å². The highest BCUT2D eigenvalue weighted by atomic mass is 32.2. The van der Waals surface area contributed by atoms with Crippen LogP contribution in [0.4, 0.5) is 0 Å². The van der Waals surface area contributed by atoms with Crippen molar-refractivity contribution in [1.29, 1.82) is 0 Å². The summed E-state index contributed by atoms with van der Waals surface area (Å²) in [4.78, 5) is 1.19. The lowest BCUT2D eigenvalue weighted by Crippen LogP contribution is -2.35. The van der Waals surface area contributed by atoms with Gasteiger partial charge in [0, 0.05) is 24.3 Å². The summed E-state index contributed by atoms with van der Waals surface area (Å²) in [6, 6.07) is 6.31. The average Bonchev–Trinajstić information content (AvgIpc) is 2.63. The lowest BCUT2D eigenvalue weighted by Gasteiger charge is -1.98. The van der Waals surface area contributed by atoms with Gasteiger partial charge in [0.1, 0.15) is 4.70 Å². The smallest absolute Gasteiger partial charge is 0.265 e. The quantitative estimate of drug-likeness (QED) is 0.523. The normalized spacial score (nSPS) is 12.2. The molecule has 0 aliphatic carbocycles. The number of aryl methyl sites for hydroxylation is 2. The van der Waals surface area contributed by atoms with Gasteiger partial charge in [-0.05, 0) is 18.4 Å². The van der Waals surface area contributed by atoms with Crippen LogP contribution in [0.3, 0.4) is 0 Å². The molecule has 104 valence electrons. The van der Waals surface area contributed by atoms with Gasteiger partial charge in [-0.25, -0.2) is 0 Å². The number of aromatic nitrogens is 1. The first kappa shape index (κ1) is 14.8. The van der Waals surface area contributed by atoms with Crippen molar-refractivity contribution in [2.24, 2.45) is 0 Å². The SMILES string of the molecule is CSc1ccc2sc(C)[n+](CCCS(=O)(=O)O)c2c1. The van der Waals surface area contributed by atoms with Crippen molar-refractivity contribution < 1.29 is 17.5 Å². The van der Waals surface area contributed by atoms with Gasteiger partial charge in [0.05, 0.1) is 5.75 Å². The predicted molar refractivity (Wildman–Crippen MR) is 79.6 cm³/mol. The highest BCUT2D eigenvalue weighted by Crippen LogP contribution is 2.25. The van der Waals surface area contributed by atoms with Crippen molar-refractivity contribution in [2.75, 3.05) is 12.0 Å². The molecule has 19 heavy (non-hydrogen) atoms. The molecule has 0 unspecified atom stereocenters. The Hall–Kier alpha value is -0.630. The van der Waals surface area contributed by atoms with E-state index in [1.165, 1.54) is 9.60 Å². The molecule has 0 atom stereocenters. The van der Waals surface area contributed by atoms with Gasteiger partial charge < -0.3 is 0 Å². The molecule has 2 rings (SSSR count). The van der Waals surface area contributed by atoms with Crippen LogP contribution in [0.5, 0.6) is 0 Å². The minimum absolute atomic E-state index is 0.195. The van der Waals surface area contributed by atoms with Gasteiger partial charge in [0.25, 0.3) is 10.1 Å². The number of thioether (sulfide) groups is 1. The summed E-state index contributed by atoms with van der Waals surface area (Å²) < 4.78 is 33.6. The summed E-state index contributed by atoms with van der Waals surface area (Å²) in [5, 5.41) is 1.14. The average molecular weight is 318 g/mol. The summed E-state index contributed by atoms with van der Waals surface area (Å²) in [6.45, 7) is 2.63. The van der Waals surface area contributed by atoms with Crippen LogP contribution in [0.25, 0.3) is 10.2 Å². The van der Waals surface area contributed by atoms with Gasteiger partial charge in [-0.3, -0.25) is 4.55 Å². The molecule has 0 aliphatic heterocycles. The van der Waals surface area contributed by atoms with E-state index in [0.29, 0.717) is 13.0 Å². The van der Waals surface area contributed by atoms with Crippen molar-refractivity contribution in [3.8, 4) is 0 Å². The van der Waals surface area contributed by atoms with E-state index < -0.39 is 10.1 Å². The topological polar surface area (TPSA) is 58.2 Å². The molecular formula is C12H16NO3S3+. The maximum Gasteiger partial charge on any atom is 0.265 e. The standard InChI is InChI=1S/C12H15NO3S3/c1-9-13(6-3-7-19(14,15)16)11-8-10(17-2)4-5-12(11)18-9/h4-5,8H,3,6-7H2,1-2H3/p+1. The zero-order valence-corrected chi connectivity index (χ0v) is 13.2. The first-order chi connectivity index (χ1) is 8.90. The fourth-order valence-electron chi connectivity index (χ4n) is 1.99. The number of nitrogens with zero attached hydrogens (tertiary/aromatic N) is 1. The van der Waals surface area contributed by atoms with E-state index in [4.69, 9.17) is 4.55 Å².